The summed E-state index contributed by atoms with van der Waals surface area (Å²) in [4.78, 5) is 16.8. The molecule has 0 fully saturated rings. The summed E-state index contributed by atoms with van der Waals surface area (Å²) in [6, 6.07) is 4.24. The minimum absolute atomic E-state index is 0.0891. The molecule has 5 nitrogen and oxygen atoms in total. The van der Waals surface area contributed by atoms with E-state index in [1.807, 2.05) is 6.92 Å². The minimum atomic E-state index is -0.591. The number of carbonyl (C=O) groups is 1. The van der Waals surface area contributed by atoms with Crippen LogP contribution in [0.25, 0.3) is 0 Å². The van der Waals surface area contributed by atoms with E-state index in [-0.39, 0.29) is 6.04 Å². The van der Waals surface area contributed by atoms with Crippen LogP contribution in [-0.2, 0) is 4.74 Å². The van der Waals surface area contributed by atoms with Crippen LogP contribution in [-0.4, -0.2) is 16.7 Å². The van der Waals surface area contributed by atoms with Crippen LogP contribution >= 0.6 is 11.3 Å². The molecule has 23 heavy (non-hydrogen) atoms. The summed E-state index contributed by atoms with van der Waals surface area (Å²) in [7, 11) is 0. The van der Waals surface area contributed by atoms with Gasteiger partial charge in [0.05, 0.1) is 17.2 Å². The summed E-state index contributed by atoms with van der Waals surface area (Å²) >= 11 is 1.49. The lowest BCUT2D eigenvalue weighted by atomic mass is 10.2. The van der Waals surface area contributed by atoms with Crippen molar-refractivity contribution in [1.29, 1.82) is 0 Å². The number of carbonyl (C=O) groups excluding carboxylic acids is 1. The highest BCUT2D eigenvalue weighted by Crippen LogP contribution is 2.26. The monoisotopic (exact) mass is 337 g/mol. The Labute approximate surface area is 138 Å². The van der Waals surface area contributed by atoms with Gasteiger partial charge in [-0.2, -0.15) is 0 Å². The average molecular weight is 337 g/mol. The van der Waals surface area contributed by atoms with Gasteiger partial charge in [-0.15, -0.1) is 11.3 Å². The summed E-state index contributed by atoms with van der Waals surface area (Å²) in [6.45, 7) is 7.25. The number of aromatic nitrogens is 1. The molecule has 1 aromatic heterocycles. The highest BCUT2D eigenvalue weighted by Gasteiger charge is 2.17. The van der Waals surface area contributed by atoms with Crippen LogP contribution in [0, 0.1) is 5.82 Å². The Morgan fingerprint density at radius 1 is 1.39 bits per heavy atom. The average Bonchev–Trinajstić information content (AvgIpc) is 2.94. The van der Waals surface area contributed by atoms with Gasteiger partial charge in [0.2, 0.25) is 0 Å². The van der Waals surface area contributed by atoms with Crippen LogP contribution < -0.4 is 10.6 Å². The molecule has 124 valence electrons. The SMILES string of the molecule is CC(Nc1cc(NC(=O)OC(C)(C)C)ccc1F)c1cncs1. The predicted octanol–water partition coefficient (Wildman–Crippen LogP) is 4.80. The molecule has 1 amide bonds. The number of benzene rings is 1. The number of hydrogen-bond acceptors (Lipinski definition) is 5. The minimum Gasteiger partial charge on any atom is -0.444 e. The van der Waals surface area contributed by atoms with E-state index < -0.39 is 17.5 Å². The number of nitrogens with zero attached hydrogens (tertiary/aromatic N) is 1. The molecule has 1 aromatic carbocycles. The molecule has 0 aliphatic carbocycles. The molecule has 0 aliphatic heterocycles. The Balaban J connectivity index is 2.08. The van der Waals surface area contributed by atoms with Crippen LogP contribution in [0.5, 0.6) is 0 Å². The van der Waals surface area contributed by atoms with Crippen molar-refractivity contribution in [3.8, 4) is 0 Å². The third-order valence-corrected chi connectivity index (χ3v) is 3.82. The van der Waals surface area contributed by atoms with Crippen molar-refractivity contribution in [2.45, 2.75) is 39.3 Å². The van der Waals surface area contributed by atoms with Crippen molar-refractivity contribution >= 4 is 28.8 Å². The number of anilines is 2. The molecule has 1 atom stereocenters. The largest absolute Gasteiger partial charge is 0.444 e. The molecule has 0 radical (unpaired) electrons. The van der Waals surface area contributed by atoms with Gasteiger partial charge < -0.3 is 10.1 Å². The van der Waals surface area contributed by atoms with Gasteiger partial charge >= 0.3 is 6.09 Å². The fourth-order valence-corrected chi connectivity index (χ4v) is 2.51. The fourth-order valence-electron chi connectivity index (χ4n) is 1.88. The fraction of sp³-hybridized carbons (Fsp3) is 0.375. The number of thiazole rings is 1. The Morgan fingerprint density at radius 3 is 2.74 bits per heavy atom. The lowest BCUT2D eigenvalue weighted by molar-refractivity contribution is 0.0636. The van der Waals surface area contributed by atoms with Crippen molar-refractivity contribution in [1.82, 2.24) is 4.98 Å². The lowest BCUT2D eigenvalue weighted by Crippen LogP contribution is -2.27. The van der Waals surface area contributed by atoms with Gasteiger partial charge in [0.1, 0.15) is 11.4 Å². The number of hydrogen-bond donors (Lipinski definition) is 2. The smallest absolute Gasteiger partial charge is 0.412 e. The van der Waals surface area contributed by atoms with Gasteiger partial charge in [-0.3, -0.25) is 10.3 Å². The van der Waals surface area contributed by atoms with Crippen LogP contribution in [0.4, 0.5) is 20.6 Å². The Morgan fingerprint density at radius 2 is 2.13 bits per heavy atom. The van der Waals surface area contributed by atoms with Gasteiger partial charge in [-0.05, 0) is 45.9 Å². The van der Waals surface area contributed by atoms with Gasteiger partial charge in [0.25, 0.3) is 0 Å². The van der Waals surface area contributed by atoms with E-state index in [4.69, 9.17) is 4.74 Å². The van der Waals surface area contributed by atoms with Gasteiger partial charge in [0.15, 0.2) is 0 Å². The van der Waals surface area contributed by atoms with Crippen molar-refractivity contribution in [2.24, 2.45) is 0 Å². The van der Waals surface area contributed by atoms with E-state index in [1.54, 1.807) is 32.5 Å². The second-order valence-electron chi connectivity index (χ2n) is 6.09. The van der Waals surface area contributed by atoms with E-state index >= 15 is 0 Å². The van der Waals surface area contributed by atoms with E-state index in [0.29, 0.717) is 11.4 Å². The molecular formula is C16H20FN3O2S. The number of nitrogens with one attached hydrogen (secondary N) is 2. The maximum absolute atomic E-state index is 14.0. The summed E-state index contributed by atoms with van der Waals surface area (Å²) in [5, 5.41) is 5.67. The lowest BCUT2D eigenvalue weighted by Gasteiger charge is -2.20. The molecule has 0 saturated carbocycles. The first kappa shape index (κ1) is 17.2. The highest BCUT2D eigenvalue weighted by molar-refractivity contribution is 7.09. The third kappa shape index (κ3) is 5.21. The Hall–Kier alpha value is -2.15. The Bertz CT molecular complexity index is 668. The van der Waals surface area contributed by atoms with E-state index in [0.717, 1.165) is 4.88 Å². The summed E-state index contributed by atoms with van der Waals surface area (Å²) < 4.78 is 19.1. The van der Waals surface area contributed by atoms with Crippen LogP contribution in [0.3, 0.4) is 0 Å². The topological polar surface area (TPSA) is 63.2 Å². The molecular weight excluding hydrogens is 317 g/mol. The number of amides is 1. The van der Waals surface area contributed by atoms with E-state index in [2.05, 4.69) is 15.6 Å². The van der Waals surface area contributed by atoms with Crippen LogP contribution in [0.2, 0.25) is 0 Å². The third-order valence-electron chi connectivity index (χ3n) is 2.86. The molecule has 0 bridgehead atoms. The van der Waals surface area contributed by atoms with Crippen molar-refractivity contribution in [3.63, 3.8) is 0 Å². The first-order chi connectivity index (χ1) is 10.7. The second kappa shape index (κ2) is 6.95. The molecule has 0 spiro atoms. The molecule has 1 heterocycles. The van der Waals surface area contributed by atoms with Crippen molar-refractivity contribution in [2.75, 3.05) is 10.6 Å². The molecule has 7 heteroatoms. The quantitative estimate of drug-likeness (QED) is 0.841. The number of ether oxygens (including phenoxy) is 1. The summed E-state index contributed by atoms with van der Waals surface area (Å²) in [5.41, 5.74) is 1.90. The molecule has 2 rings (SSSR count). The van der Waals surface area contributed by atoms with Crippen LogP contribution in [0.1, 0.15) is 38.6 Å². The predicted molar refractivity (Wildman–Crippen MR) is 90.4 cm³/mol. The first-order valence-electron chi connectivity index (χ1n) is 7.19. The maximum atomic E-state index is 14.0. The van der Waals surface area contributed by atoms with Crippen molar-refractivity contribution in [3.05, 3.63) is 40.6 Å². The maximum Gasteiger partial charge on any atom is 0.412 e. The number of rotatable bonds is 4. The van der Waals surface area contributed by atoms with Crippen LogP contribution in [0.15, 0.2) is 29.9 Å². The molecule has 2 aromatic rings. The zero-order chi connectivity index (χ0) is 17.0. The molecule has 2 N–H and O–H groups in total. The standard InChI is InChI=1S/C16H20FN3O2S/c1-10(14-8-18-9-23-14)19-13-7-11(5-6-12(13)17)20-15(21)22-16(2,3)4/h5-10,19H,1-4H3,(H,20,21). The summed E-state index contributed by atoms with van der Waals surface area (Å²) in [5.74, 6) is -0.392. The van der Waals surface area contributed by atoms with E-state index in [9.17, 15) is 9.18 Å². The zero-order valence-corrected chi connectivity index (χ0v) is 14.3. The second-order valence-corrected chi connectivity index (χ2v) is 7.01. The Kier molecular flexibility index (Phi) is 5.20. The van der Waals surface area contributed by atoms with Gasteiger partial charge in [0, 0.05) is 16.8 Å². The van der Waals surface area contributed by atoms with Crippen molar-refractivity contribution < 1.29 is 13.9 Å². The molecule has 0 saturated heterocycles. The first-order valence-corrected chi connectivity index (χ1v) is 8.07. The van der Waals surface area contributed by atoms with Gasteiger partial charge in [-0.25, -0.2) is 9.18 Å². The number of halogens is 1. The zero-order valence-electron chi connectivity index (χ0n) is 13.5. The summed E-state index contributed by atoms with van der Waals surface area (Å²) in [6.07, 6.45) is 1.16. The normalized spacial score (nSPS) is 12.6. The van der Waals surface area contributed by atoms with Gasteiger partial charge in [-0.1, -0.05) is 0 Å². The highest BCUT2D eigenvalue weighted by atomic mass is 32.1. The molecule has 1 unspecified atom stereocenters. The molecule has 0 aliphatic rings. The van der Waals surface area contributed by atoms with E-state index in [1.165, 1.54) is 29.5 Å².